The largest absolute Gasteiger partial charge is 0.480 e. The number of hydrogen-bond donors (Lipinski definition) is 3. The Morgan fingerprint density at radius 3 is 2.35 bits per heavy atom. The molecule has 5 nitrogen and oxygen atoms in total. The molecular weight excluding hydrogens is 220 g/mol. The molecule has 0 aromatic rings. The molecule has 1 atom stereocenters. The van der Waals surface area contributed by atoms with Crippen molar-refractivity contribution in [3.05, 3.63) is 0 Å². The van der Waals surface area contributed by atoms with Crippen molar-refractivity contribution in [3.8, 4) is 0 Å². The van der Waals surface area contributed by atoms with E-state index in [9.17, 15) is 9.59 Å². The minimum Gasteiger partial charge on any atom is -0.480 e. The summed E-state index contributed by atoms with van der Waals surface area (Å²) in [5.41, 5.74) is -0.603. The Labute approximate surface area is 103 Å². The number of amides is 1. The SMILES string of the molecule is CCCCC(NCC(C)(C)C(=O)NC)C(=O)O. The highest BCUT2D eigenvalue weighted by Crippen LogP contribution is 2.14. The van der Waals surface area contributed by atoms with Gasteiger partial charge >= 0.3 is 5.97 Å². The Bertz CT molecular complexity index is 264. The summed E-state index contributed by atoms with van der Waals surface area (Å²) in [6.45, 7) is 5.95. The minimum absolute atomic E-state index is 0.0929. The first-order chi connectivity index (χ1) is 7.85. The number of rotatable bonds is 8. The zero-order chi connectivity index (χ0) is 13.5. The van der Waals surface area contributed by atoms with Gasteiger partial charge in [0.15, 0.2) is 0 Å². The zero-order valence-electron chi connectivity index (χ0n) is 11.2. The molecule has 0 fully saturated rings. The summed E-state index contributed by atoms with van der Waals surface area (Å²) in [4.78, 5) is 22.5. The Morgan fingerprint density at radius 2 is 1.94 bits per heavy atom. The molecule has 0 aliphatic rings. The zero-order valence-corrected chi connectivity index (χ0v) is 11.2. The van der Waals surface area contributed by atoms with Gasteiger partial charge in [-0.2, -0.15) is 0 Å². The van der Waals surface area contributed by atoms with E-state index in [1.807, 2.05) is 6.92 Å². The topological polar surface area (TPSA) is 78.4 Å². The first kappa shape index (κ1) is 15.9. The van der Waals surface area contributed by atoms with Crippen LogP contribution in [-0.4, -0.2) is 36.6 Å². The second-order valence-electron chi connectivity index (χ2n) is 4.88. The maximum Gasteiger partial charge on any atom is 0.320 e. The van der Waals surface area contributed by atoms with Gasteiger partial charge in [0, 0.05) is 13.6 Å². The monoisotopic (exact) mass is 244 g/mol. The molecule has 0 spiro atoms. The maximum absolute atomic E-state index is 11.5. The van der Waals surface area contributed by atoms with E-state index in [-0.39, 0.29) is 5.91 Å². The highest BCUT2D eigenvalue weighted by molar-refractivity contribution is 5.82. The molecule has 3 N–H and O–H groups in total. The molecule has 0 radical (unpaired) electrons. The smallest absolute Gasteiger partial charge is 0.320 e. The van der Waals surface area contributed by atoms with E-state index < -0.39 is 17.4 Å². The number of aliphatic carboxylic acids is 1. The maximum atomic E-state index is 11.5. The van der Waals surface area contributed by atoms with Crippen LogP contribution in [0.15, 0.2) is 0 Å². The Hall–Kier alpha value is -1.10. The molecule has 0 aliphatic heterocycles. The van der Waals surface area contributed by atoms with Crippen LogP contribution in [0.2, 0.25) is 0 Å². The fourth-order valence-corrected chi connectivity index (χ4v) is 1.52. The van der Waals surface area contributed by atoms with Gasteiger partial charge in [0.1, 0.15) is 6.04 Å². The van der Waals surface area contributed by atoms with Crippen molar-refractivity contribution in [3.63, 3.8) is 0 Å². The van der Waals surface area contributed by atoms with Gasteiger partial charge in [-0.3, -0.25) is 9.59 Å². The first-order valence-corrected chi connectivity index (χ1v) is 6.03. The number of carbonyl (C=O) groups is 2. The number of hydrogen-bond acceptors (Lipinski definition) is 3. The predicted molar refractivity (Wildman–Crippen MR) is 66.8 cm³/mol. The molecule has 17 heavy (non-hydrogen) atoms. The van der Waals surface area contributed by atoms with Crippen molar-refractivity contribution in [1.29, 1.82) is 0 Å². The lowest BCUT2D eigenvalue weighted by atomic mass is 9.91. The summed E-state index contributed by atoms with van der Waals surface area (Å²) in [5, 5.41) is 14.6. The summed E-state index contributed by atoms with van der Waals surface area (Å²) < 4.78 is 0. The number of carboxylic acids is 1. The molecule has 0 saturated heterocycles. The number of nitrogens with one attached hydrogen (secondary N) is 2. The fraction of sp³-hybridized carbons (Fsp3) is 0.833. The summed E-state index contributed by atoms with van der Waals surface area (Å²) in [6.07, 6.45) is 2.42. The third-order valence-corrected chi connectivity index (χ3v) is 2.78. The standard InChI is InChI=1S/C12H24N2O3/c1-5-6-7-9(10(15)16)14-8-12(2,3)11(17)13-4/h9,14H,5-8H2,1-4H3,(H,13,17)(H,15,16). The van der Waals surface area contributed by atoms with E-state index >= 15 is 0 Å². The molecule has 0 aromatic carbocycles. The summed E-state index contributed by atoms with van der Waals surface area (Å²) in [5.74, 6) is -0.948. The summed E-state index contributed by atoms with van der Waals surface area (Å²) >= 11 is 0. The van der Waals surface area contributed by atoms with E-state index in [0.29, 0.717) is 13.0 Å². The molecule has 1 unspecified atom stereocenters. The van der Waals surface area contributed by atoms with Crippen LogP contribution in [0.1, 0.15) is 40.0 Å². The van der Waals surface area contributed by atoms with E-state index in [4.69, 9.17) is 5.11 Å². The van der Waals surface area contributed by atoms with Gasteiger partial charge in [0.25, 0.3) is 0 Å². The van der Waals surface area contributed by atoms with Crippen LogP contribution in [0.25, 0.3) is 0 Å². The van der Waals surface area contributed by atoms with Crippen molar-refractivity contribution in [1.82, 2.24) is 10.6 Å². The van der Waals surface area contributed by atoms with E-state index in [1.165, 1.54) is 0 Å². The molecule has 0 aliphatic carbocycles. The molecule has 0 saturated carbocycles. The molecule has 0 bridgehead atoms. The Kier molecular flexibility index (Phi) is 6.80. The van der Waals surface area contributed by atoms with Gasteiger partial charge in [0.05, 0.1) is 5.41 Å². The quantitative estimate of drug-likeness (QED) is 0.595. The van der Waals surface area contributed by atoms with Gasteiger partial charge in [-0.25, -0.2) is 0 Å². The van der Waals surface area contributed by atoms with Crippen LogP contribution < -0.4 is 10.6 Å². The second kappa shape index (κ2) is 7.27. The normalized spacial score (nSPS) is 13.2. The van der Waals surface area contributed by atoms with Crippen molar-refractivity contribution >= 4 is 11.9 Å². The van der Waals surface area contributed by atoms with Gasteiger partial charge in [-0.1, -0.05) is 19.8 Å². The van der Waals surface area contributed by atoms with E-state index in [2.05, 4.69) is 10.6 Å². The fourth-order valence-electron chi connectivity index (χ4n) is 1.52. The summed E-state index contributed by atoms with van der Waals surface area (Å²) in [7, 11) is 1.58. The average molecular weight is 244 g/mol. The Morgan fingerprint density at radius 1 is 1.35 bits per heavy atom. The van der Waals surface area contributed by atoms with E-state index in [1.54, 1.807) is 20.9 Å². The lowest BCUT2D eigenvalue weighted by molar-refractivity contribution is -0.140. The van der Waals surface area contributed by atoms with Gasteiger partial charge < -0.3 is 15.7 Å². The van der Waals surface area contributed by atoms with Crippen molar-refractivity contribution in [2.75, 3.05) is 13.6 Å². The molecule has 0 aromatic heterocycles. The number of unbranched alkanes of at least 4 members (excludes halogenated alkanes) is 1. The highest BCUT2D eigenvalue weighted by Gasteiger charge is 2.28. The van der Waals surface area contributed by atoms with Crippen LogP contribution in [0, 0.1) is 5.41 Å². The third kappa shape index (κ3) is 5.68. The minimum atomic E-state index is -0.855. The Balaban J connectivity index is 4.29. The van der Waals surface area contributed by atoms with Crippen LogP contribution >= 0.6 is 0 Å². The molecular formula is C12H24N2O3. The lowest BCUT2D eigenvalue weighted by Crippen LogP contribution is -2.47. The van der Waals surface area contributed by atoms with Crippen LogP contribution in [0.5, 0.6) is 0 Å². The molecule has 0 rings (SSSR count). The molecule has 1 amide bonds. The van der Waals surface area contributed by atoms with Crippen LogP contribution in [-0.2, 0) is 9.59 Å². The number of carbonyl (C=O) groups excluding carboxylic acids is 1. The highest BCUT2D eigenvalue weighted by atomic mass is 16.4. The predicted octanol–water partition coefficient (Wildman–Crippen LogP) is 0.992. The second-order valence-corrected chi connectivity index (χ2v) is 4.88. The van der Waals surface area contributed by atoms with Gasteiger partial charge in [0.2, 0.25) is 5.91 Å². The third-order valence-electron chi connectivity index (χ3n) is 2.78. The van der Waals surface area contributed by atoms with Crippen LogP contribution in [0.3, 0.4) is 0 Å². The molecule has 5 heteroatoms. The van der Waals surface area contributed by atoms with Crippen molar-refractivity contribution in [2.45, 2.75) is 46.1 Å². The van der Waals surface area contributed by atoms with Crippen molar-refractivity contribution < 1.29 is 14.7 Å². The molecule has 100 valence electrons. The lowest BCUT2D eigenvalue weighted by Gasteiger charge is -2.25. The summed E-state index contributed by atoms with van der Waals surface area (Å²) in [6, 6.07) is -0.570. The van der Waals surface area contributed by atoms with E-state index in [0.717, 1.165) is 12.8 Å². The first-order valence-electron chi connectivity index (χ1n) is 6.03. The average Bonchev–Trinajstić information content (AvgIpc) is 2.27. The van der Waals surface area contributed by atoms with Crippen LogP contribution in [0.4, 0.5) is 0 Å². The number of carboxylic acid groups (broad SMARTS) is 1. The van der Waals surface area contributed by atoms with Gasteiger partial charge in [-0.15, -0.1) is 0 Å². The van der Waals surface area contributed by atoms with Crippen molar-refractivity contribution in [2.24, 2.45) is 5.41 Å². The molecule has 0 heterocycles. The van der Waals surface area contributed by atoms with Gasteiger partial charge in [-0.05, 0) is 20.3 Å².